The third-order valence-corrected chi connectivity index (χ3v) is 3.52. The third-order valence-electron chi connectivity index (χ3n) is 3.52. The van der Waals surface area contributed by atoms with E-state index in [1.165, 1.54) is 7.11 Å². The standard InChI is InChI=1S/C15H20O5/c1-18-12-8-7-10(14(16)15(17)19-2)9-13(12)20-11-5-3-4-6-11/h7-9,11,14,16H,3-6H2,1-2H3. The van der Waals surface area contributed by atoms with Crippen molar-refractivity contribution in [2.45, 2.75) is 37.9 Å². The Labute approximate surface area is 118 Å². The number of hydrogen-bond donors (Lipinski definition) is 1. The van der Waals surface area contributed by atoms with Crippen LogP contribution in [0, 0.1) is 0 Å². The Morgan fingerprint density at radius 3 is 2.55 bits per heavy atom. The summed E-state index contributed by atoms with van der Waals surface area (Å²) < 4.78 is 15.7. The molecule has 110 valence electrons. The topological polar surface area (TPSA) is 65.0 Å². The van der Waals surface area contributed by atoms with Crippen LogP contribution in [0.15, 0.2) is 18.2 Å². The summed E-state index contributed by atoms with van der Waals surface area (Å²) in [4.78, 5) is 11.4. The molecular formula is C15H20O5. The third kappa shape index (κ3) is 3.22. The molecule has 1 aromatic rings. The van der Waals surface area contributed by atoms with Crippen LogP contribution in [0.25, 0.3) is 0 Å². The van der Waals surface area contributed by atoms with Gasteiger partial charge in [-0.1, -0.05) is 6.07 Å². The van der Waals surface area contributed by atoms with E-state index in [0.717, 1.165) is 25.7 Å². The van der Waals surface area contributed by atoms with Crippen molar-refractivity contribution in [3.63, 3.8) is 0 Å². The Kier molecular flexibility index (Phi) is 4.84. The molecule has 0 heterocycles. The Morgan fingerprint density at radius 2 is 1.95 bits per heavy atom. The highest BCUT2D eigenvalue weighted by Crippen LogP contribution is 2.34. The zero-order chi connectivity index (χ0) is 14.5. The van der Waals surface area contributed by atoms with Crippen LogP contribution in [-0.4, -0.2) is 31.4 Å². The van der Waals surface area contributed by atoms with Crippen molar-refractivity contribution < 1.29 is 24.1 Å². The zero-order valence-electron chi connectivity index (χ0n) is 11.8. The van der Waals surface area contributed by atoms with Crippen molar-refractivity contribution in [1.29, 1.82) is 0 Å². The minimum atomic E-state index is -1.31. The van der Waals surface area contributed by atoms with Gasteiger partial charge in [-0.15, -0.1) is 0 Å². The lowest BCUT2D eigenvalue weighted by molar-refractivity contribution is -0.150. The second kappa shape index (κ2) is 6.61. The van der Waals surface area contributed by atoms with E-state index in [4.69, 9.17) is 9.47 Å². The first-order valence-electron chi connectivity index (χ1n) is 6.76. The molecular weight excluding hydrogens is 260 g/mol. The van der Waals surface area contributed by atoms with Gasteiger partial charge < -0.3 is 19.3 Å². The molecule has 1 saturated carbocycles. The molecule has 0 amide bonds. The molecule has 0 spiro atoms. The number of hydrogen-bond acceptors (Lipinski definition) is 5. The molecule has 0 aliphatic heterocycles. The van der Waals surface area contributed by atoms with Crippen LogP contribution < -0.4 is 9.47 Å². The maximum absolute atomic E-state index is 11.4. The molecule has 1 unspecified atom stereocenters. The predicted molar refractivity (Wildman–Crippen MR) is 72.9 cm³/mol. The molecule has 1 N–H and O–H groups in total. The maximum Gasteiger partial charge on any atom is 0.339 e. The van der Waals surface area contributed by atoms with E-state index in [0.29, 0.717) is 17.1 Å². The van der Waals surface area contributed by atoms with E-state index < -0.39 is 12.1 Å². The van der Waals surface area contributed by atoms with Gasteiger partial charge in [0.25, 0.3) is 0 Å². The molecule has 1 aliphatic carbocycles. The minimum absolute atomic E-state index is 0.175. The molecule has 0 saturated heterocycles. The second-order valence-electron chi connectivity index (χ2n) is 4.86. The summed E-state index contributed by atoms with van der Waals surface area (Å²) in [5, 5.41) is 9.87. The largest absolute Gasteiger partial charge is 0.493 e. The Morgan fingerprint density at radius 1 is 1.25 bits per heavy atom. The number of aliphatic hydroxyl groups is 1. The van der Waals surface area contributed by atoms with Gasteiger partial charge in [-0.3, -0.25) is 0 Å². The van der Waals surface area contributed by atoms with E-state index in [1.54, 1.807) is 25.3 Å². The van der Waals surface area contributed by atoms with Gasteiger partial charge in [0.15, 0.2) is 17.6 Å². The number of methoxy groups -OCH3 is 2. The van der Waals surface area contributed by atoms with Crippen LogP contribution >= 0.6 is 0 Å². The zero-order valence-corrected chi connectivity index (χ0v) is 11.8. The monoisotopic (exact) mass is 280 g/mol. The molecule has 1 aromatic carbocycles. The van der Waals surface area contributed by atoms with Gasteiger partial charge in [0.2, 0.25) is 0 Å². The molecule has 0 radical (unpaired) electrons. The van der Waals surface area contributed by atoms with Gasteiger partial charge in [-0.2, -0.15) is 0 Å². The average Bonchev–Trinajstić information content (AvgIpc) is 2.98. The summed E-state index contributed by atoms with van der Waals surface area (Å²) in [6, 6.07) is 4.95. The molecule has 5 nitrogen and oxygen atoms in total. The minimum Gasteiger partial charge on any atom is -0.493 e. The summed E-state index contributed by atoms with van der Waals surface area (Å²) in [6.07, 6.45) is 3.24. The fraction of sp³-hybridized carbons (Fsp3) is 0.533. The molecule has 1 atom stereocenters. The van der Waals surface area contributed by atoms with Gasteiger partial charge in [0, 0.05) is 0 Å². The van der Waals surface area contributed by atoms with Gasteiger partial charge >= 0.3 is 5.97 Å². The highest BCUT2D eigenvalue weighted by atomic mass is 16.5. The Bertz CT molecular complexity index is 465. The summed E-state index contributed by atoms with van der Waals surface area (Å²) in [7, 11) is 2.80. The average molecular weight is 280 g/mol. The molecule has 20 heavy (non-hydrogen) atoms. The fourth-order valence-corrected chi connectivity index (χ4v) is 2.39. The molecule has 1 fully saturated rings. The number of ether oxygens (including phenoxy) is 3. The lowest BCUT2D eigenvalue weighted by atomic mass is 10.1. The van der Waals surface area contributed by atoms with Crippen molar-refractivity contribution in [3.05, 3.63) is 23.8 Å². The molecule has 5 heteroatoms. The van der Waals surface area contributed by atoms with Crippen LogP contribution in [0.2, 0.25) is 0 Å². The first-order valence-corrected chi connectivity index (χ1v) is 6.76. The van der Waals surface area contributed by atoms with E-state index in [9.17, 15) is 9.90 Å². The smallest absolute Gasteiger partial charge is 0.339 e. The van der Waals surface area contributed by atoms with E-state index >= 15 is 0 Å². The highest BCUT2D eigenvalue weighted by molar-refractivity contribution is 5.76. The quantitative estimate of drug-likeness (QED) is 0.838. The van der Waals surface area contributed by atoms with Crippen LogP contribution in [-0.2, 0) is 9.53 Å². The van der Waals surface area contributed by atoms with Crippen molar-refractivity contribution in [3.8, 4) is 11.5 Å². The van der Waals surface area contributed by atoms with Gasteiger partial charge in [0.1, 0.15) is 0 Å². The maximum atomic E-state index is 11.4. The van der Waals surface area contributed by atoms with Crippen molar-refractivity contribution >= 4 is 5.97 Å². The van der Waals surface area contributed by atoms with Crippen LogP contribution in [0.4, 0.5) is 0 Å². The molecule has 0 aromatic heterocycles. The summed E-state index contributed by atoms with van der Waals surface area (Å²) in [5.74, 6) is 0.458. The fourth-order valence-electron chi connectivity index (χ4n) is 2.39. The van der Waals surface area contributed by atoms with Gasteiger partial charge in [-0.25, -0.2) is 4.79 Å². The normalized spacial score (nSPS) is 16.8. The lowest BCUT2D eigenvalue weighted by Crippen LogP contribution is -2.15. The van der Waals surface area contributed by atoms with E-state index in [-0.39, 0.29) is 6.10 Å². The van der Waals surface area contributed by atoms with E-state index in [2.05, 4.69) is 4.74 Å². The van der Waals surface area contributed by atoms with Gasteiger partial charge in [0.05, 0.1) is 20.3 Å². The van der Waals surface area contributed by atoms with Crippen molar-refractivity contribution in [1.82, 2.24) is 0 Å². The summed E-state index contributed by atoms with van der Waals surface area (Å²) in [5.41, 5.74) is 0.436. The van der Waals surface area contributed by atoms with Crippen LogP contribution in [0.3, 0.4) is 0 Å². The van der Waals surface area contributed by atoms with Crippen molar-refractivity contribution in [2.24, 2.45) is 0 Å². The molecule has 0 bridgehead atoms. The van der Waals surface area contributed by atoms with Crippen molar-refractivity contribution in [2.75, 3.05) is 14.2 Å². The number of esters is 1. The number of carbonyl (C=O) groups is 1. The first-order chi connectivity index (χ1) is 9.65. The van der Waals surface area contributed by atoms with Gasteiger partial charge in [-0.05, 0) is 43.4 Å². The number of carbonyl (C=O) groups excluding carboxylic acids is 1. The summed E-state index contributed by atoms with van der Waals surface area (Å²) >= 11 is 0. The number of rotatable bonds is 5. The SMILES string of the molecule is COC(=O)C(O)c1ccc(OC)c(OC2CCCC2)c1. The highest BCUT2D eigenvalue weighted by Gasteiger charge is 2.22. The predicted octanol–water partition coefficient (Wildman–Crippen LogP) is 2.22. The molecule has 2 rings (SSSR count). The number of benzene rings is 1. The summed E-state index contributed by atoms with van der Waals surface area (Å²) in [6.45, 7) is 0. The van der Waals surface area contributed by atoms with Crippen LogP contribution in [0.1, 0.15) is 37.4 Å². The van der Waals surface area contributed by atoms with E-state index in [1.807, 2.05) is 0 Å². The Balaban J connectivity index is 2.21. The lowest BCUT2D eigenvalue weighted by Gasteiger charge is -2.17. The second-order valence-corrected chi connectivity index (χ2v) is 4.86. The Hall–Kier alpha value is -1.75. The first kappa shape index (κ1) is 14.7. The molecule has 1 aliphatic rings. The number of aliphatic hydroxyl groups excluding tert-OH is 1. The van der Waals surface area contributed by atoms with Crippen LogP contribution in [0.5, 0.6) is 11.5 Å².